The molecule has 5 rings (SSSR count). The number of carboxylic acids is 2. The molecule has 3 aromatic heterocycles. The minimum Gasteiger partial charge on any atom is -0.481 e. The van der Waals surface area contributed by atoms with Gasteiger partial charge in [0.15, 0.2) is 0 Å². The molecule has 3 aromatic rings. The van der Waals surface area contributed by atoms with Gasteiger partial charge in [-0.2, -0.15) is 0 Å². The number of aromatic amines is 2. The molecule has 47 heavy (non-hydrogen) atoms. The molecule has 0 fully saturated rings. The SMILES string of the molecule is CCCCCCOCC1=C(C)c2cc3nc(c(C)c4[nH]c(cc5[nH]c(cc1n2)c(C)c5CC)c(C)c4C(=O)O)[C@@H](CCC(=O)O)[C@@H]3C. The van der Waals surface area contributed by atoms with Crippen molar-refractivity contribution in [3.05, 3.63) is 68.8 Å². The number of aryl methyl sites for hydroxylation is 4. The van der Waals surface area contributed by atoms with Gasteiger partial charge in [-0.15, -0.1) is 0 Å². The molecule has 2 aliphatic rings. The van der Waals surface area contributed by atoms with Gasteiger partial charge in [0, 0.05) is 58.4 Å². The number of aliphatic carboxylic acids is 1. The zero-order chi connectivity index (χ0) is 34.0. The van der Waals surface area contributed by atoms with Crippen molar-refractivity contribution in [2.75, 3.05) is 13.2 Å². The summed E-state index contributed by atoms with van der Waals surface area (Å²) in [6, 6.07) is 6.11. The van der Waals surface area contributed by atoms with Gasteiger partial charge in [0.1, 0.15) is 0 Å². The summed E-state index contributed by atoms with van der Waals surface area (Å²) in [6.45, 7) is 15.4. The highest BCUT2D eigenvalue weighted by molar-refractivity contribution is 6.02. The Kier molecular flexibility index (Phi) is 10.3. The van der Waals surface area contributed by atoms with Gasteiger partial charge in [-0.3, -0.25) is 9.78 Å². The number of hydrogen-bond donors (Lipinski definition) is 4. The number of ether oxygens (including phenoxy) is 1. The lowest BCUT2D eigenvalue weighted by Crippen LogP contribution is -2.07. The fourth-order valence-electron chi connectivity index (χ4n) is 7.09. The Balaban J connectivity index is 1.82. The van der Waals surface area contributed by atoms with Crippen LogP contribution >= 0.6 is 0 Å². The number of nitrogens with one attached hydrogen (secondary N) is 2. The molecule has 0 radical (unpaired) electrons. The first-order valence-electron chi connectivity index (χ1n) is 16.9. The van der Waals surface area contributed by atoms with Crippen molar-refractivity contribution in [2.45, 2.75) is 105 Å². The first-order chi connectivity index (χ1) is 22.5. The fraction of sp³-hybridized carbons (Fsp3) is 0.474. The van der Waals surface area contributed by atoms with Crippen molar-refractivity contribution < 1.29 is 24.5 Å². The van der Waals surface area contributed by atoms with Crippen LogP contribution in [0.2, 0.25) is 0 Å². The van der Waals surface area contributed by atoms with Crippen molar-refractivity contribution in [3.8, 4) is 0 Å². The van der Waals surface area contributed by atoms with Crippen LogP contribution in [-0.4, -0.2) is 55.3 Å². The van der Waals surface area contributed by atoms with Crippen molar-refractivity contribution in [1.29, 1.82) is 0 Å². The van der Waals surface area contributed by atoms with E-state index in [1.54, 1.807) is 0 Å². The van der Waals surface area contributed by atoms with Gasteiger partial charge in [0.05, 0.1) is 29.1 Å². The summed E-state index contributed by atoms with van der Waals surface area (Å²) in [4.78, 5) is 41.6. The molecule has 0 amide bonds. The van der Waals surface area contributed by atoms with E-state index in [2.05, 4.69) is 50.7 Å². The predicted molar refractivity (Wildman–Crippen MR) is 187 cm³/mol. The molecule has 4 N–H and O–H groups in total. The molecule has 0 saturated carbocycles. The Bertz CT molecular complexity index is 1900. The van der Waals surface area contributed by atoms with Crippen LogP contribution in [0.25, 0.3) is 33.2 Å². The van der Waals surface area contributed by atoms with E-state index in [9.17, 15) is 19.8 Å². The molecule has 0 aromatic carbocycles. The number of hydrogen-bond acceptors (Lipinski definition) is 5. The van der Waals surface area contributed by atoms with E-state index in [0.29, 0.717) is 47.5 Å². The summed E-state index contributed by atoms with van der Waals surface area (Å²) in [5.41, 5.74) is 12.2. The molecular weight excluding hydrogens is 592 g/mol. The second-order valence-electron chi connectivity index (χ2n) is 13.0. The molecule has 2 atom stereocenters. The molecule has 0 aliphatic carbocycles. The number of H-pyrrole nitrogens is 2. The summed E-state index contributed by atoms with van der Waals surface area (Å²) in [6.07, 6.45) is 5.73. The summed E-state index contributed by atoms with van der Waals surface area (Å²) in [5, 5.41) is 19.9. The van der Waals surface area contributed by atoms with Crippen molar-refractivity contribution in [2.24, 2.45) is 0 Å². The normalized spacial score (nSPS) is 16.2. The topological polar surface area (TPSA) is 141 Å². The monoisotopic (exact) mass is 640 g/mol. The van der Waals surface area contributed by atoms with Gasteiger partial charge in [0.25, 0.3) is 0 Å². The molecular formula is C38H48N4O5. The third kappa shape index (κ3) is 6.77. The number of nitrogens with zero attached hydrogens (tertiary/aromatic N) is 2. The molecule has 8 bridgehead atoms. The fourth-order valence-corrected chi connectivity index (χ4v) is 7.09. The Morgan fingerprint density at radius 1 is 0.872 bits per heavy atom. The highest BCUT2D eigenvalue weighted by Crippen LogP contribution is 2.42. The second-order valence-corrected chi connectivity index (χ2v) is 13.0. The number of aromatic carboxylic acids is 1. The van der Waals surface area contributed by atoms with Gasteiger partial charge >= 0.3 is 11.9 Å². The molecule has 5 heterocycles. The lowest BCUT2D eigenvalue weighted by Gasteiger charge is -2.16. The van der Waals surface area contributed by atoms with E-state index in [4.69, 9.17) is 14.7 Å². The van der Waals surface area contributed by atoms with Crippen molar-refractivity contribution in [1.82, 2.24) is 19.9 Å². The van der Waals surface area contributed by atoms with E-state index in [1.807, 2.05) is 26.0 Å². The van der Waals surface area contributed by atoms with E-state index in [-0.39, 0.29) is 23.8 Å². The Labute approximate surface area is 276 Å². The van der Waals surface area contributed by atoms with Crippen LogP contribution in [0, 0.1) is 20.8 Å². The number of carboxylic acid groups (broad SMARTS) is 2. The lowest BCUT2D eigenvalue weighted by atomic mass is 9.85. The maximum absolute atomic E-state index is 12.7. The standard InChI is InChI=1S/C38H48N4O5/c1-8-10-11-12-15-47-19-27-22(5)28-16-30-21(4)26(13-14-34(43)44)36(41-30)24(7)37-35(38(45)46)23(6)31(42-37)18-32-25(9-2)20(3)29(39-32)17-33(27)40-28/h16-18,21,26,39,42H,8-15,19H2,1-7H3,(H,43,44)(H,45,46)/t21-,26-/m0/s1. The Morgan fingerprint density at radius 2 is 1.62 bits per heavy atom. The van der Waals surface area contributed by atoms with Crippen LogP contribution in [0.3, 0.4) is 0 Å². The Morgan fingerprint density at radius 3 is 2.30 bits per heavy atom. The second kappa shape index (κ2) is 14.3. The summed E-state index contributed by atoms with van der Waals surface area (Å²) < 4.78 is 6.20. The van der Waals surface area contributed by atoms with Crippen LogP contribution < -0.4 is 0 Å². The zero-order valence-electron chi connectivity index (χ0n) is 28.8. The minimum atomic E-state index is -1.02. The number of allylic oxidation sites excluding steroid dienone is 1. The molecule has 0 spiro atoms. The third-order valence-electron chi connectivity index (χ3n) is 10.0. The number of carbonyl (C=O) groups is 2. The van der Waals surface area contributed by atoms with E-state index in [0.717, 1.165) is 69.7 Å². The van der Waals surface area contributed by atoms with Crippen LogP contribution in [0.4, 0.5) is 0 Å². The number of unbranched alkanes of at least 4 members (excludes halogenated alkanes) is 3. The average molecular weight is 641 g/mol. The molecule has 0 unspecified atom stereocenters. The highest BCUT2D eigenvalue weighted by atomic mass is 16.5. The first kappa shape index (κ1) is 34.1. The van der Waals surface area contributed by atoms with Gasteiger partial charge < -0.3 is 24.9 Å². The van der Waals surface area contributed by atoms with Gasteiger partial charge in [-0.05, 0) is 93.0 Å². The quantitative estimate of drug-likeness (QED) is 0.145. The molecule has 9 heteroatoms. The molecule has 250 valence electrons. The van der Waals surface area contributed by atoms with Crippen LogP contribution in [-0.2, 0) is 16.0 Å². The van der Waals surface area contributed by atoms with Crippen molar-refractivity contribution in [3.63, 3.8) is 0 Å². The number of aromatic nitrogens is 4. The first-order valence-corrected chi connectivity index (χ1v) is 16.9. The van der Waals surface area contributed by atoms with E-state index < -0.39 is 11.9 Å². The number of rotatable bonds is 12. The van der Waals surface area contributed by atoms with Crippen LogP contribution in [0.1, 0.15) is 133 Å². The van der Waals surface area contributed by atoms with E-state index >= 15 is 0 Å². The summed E-state index contributed by atoms with van der Waals surface area (Å²) in [7, 11) is 0. The zero-order valence-corrected chi connectivity index (χ0v) is 28.8. The molecule has 9 nitrogen and oxygen atoms in total. The highest BCUT2D eigenvalue weighted by Gasteiger charge is 2.32. The third-order valence-corrected chi connectivity index (χ3v) is 10.0. The van der Waals surface area contributed by atoms with Gasteiger partial charge in [-0.1, -0.05) is 40.0 Å². The van der Waals surface area contributed by atoms with Crippen LogP contribution in [0.15, 0.2) is 18.2 Å². The van der Waals surface area contributed by atoms with Crippen molar-refractivity contribution >= 4 is 45.2 Å². The van der Waals surface area contributed by atoms with E-state index in [1.165, 1.54) is 12.8 Å². The average Bonchev–Trinajstić information content (AvgIpc) is 3.71. The lowest BCUT2D eigenvalue weighted by molar-refractivity contribution is -0.137. The maximum atomic E-state index is 12.7. The number of fused-ring (bicyclic) bond motifs is 8. The Hall–Kier alpha value is -4.24. The van der Waals surface area contributed by atoms with Crippen LogP contribution in [0.5, 0.6) is 0 Å². The summed E-state index contributed by atoms with van der Waals surface area (Å²) >= 11 is 0. The maximum Gasteiger partial charge on any atom is 0.338 e. The molecule has 2 aliphatic heterocycles. The van der Waals surface area contributed by atoms with Gasteiger partial charge in [-0.25, -0.2) is 9.78 Å². The van der Waals surface area contributed by atoms with Gasteiger partial charge in [0.2, 0.25) is 0 Å². The largest absolute Gasteiger partial charge is 0.481 e. The minimum absolute atomic E-state index is 0.0102. The smallest absolute Gasteiger partial charge is 0.338 e. The molecule has 0 saturated heterocycles. The predicted octanol–water partition coefficient (Wildman–Crippen LogP) is 8.78. The summed E-state index contributed by atoms with van der Waals surface area (Å²) in [5.74, 6) is -2.18.